The van der Waals surface area contributed by atoms with Gasteiger partial charge in [0, 0.05) is 0 Å². The van der Waals surface area contributed by atoms with E-state index in [0.29, 0.717) is 6.61 Å². The molecule has 0 amide bonds. The second-order valence-corrected chi connectivity index (χ2v) is 24.3. The smallest absolute Gasteiger partial charge is 0.312 e. The van der Waals surface area contributed by atoms with Crippen molar-refractivity contribution in [3.8, 4) is 0 Å². The fourth-order valence-corrected chi connectivity index (χ4v) is 11.6. The largest absolute Gasteiger partial charge is 0.465 e. The van der Waals surface area contributed by atoms with Crippen LogP contribution >= 0.6 is 0 Å². The van der Waals surface area contributed by atoms with Crippen LogP contribution in [0.15, 0.2) is 0 Å². The van der Waals surface area contributed by atoms with Crippen LogP contribution in [0.25, 0.3) is 0 Å². The molecule has 1 atom stereocenters. The van der Waals surface area contributed by atoms with Crippen LogP contribution in [0.4, 0.5) is 0 Å². The van der Waals surface area contributed by atoms with Crippen molar-refractivity contribution in [1.82, 2.24) is 0 Å². The highest BCUT2D eigenvalue weighted by molar-refractivity contribution is 6.81. The first-order valence-corrected chi connectivity index (χ1v) is 19.3. The van der Waals surface area contributed by atoms with Gasteiger partial charge < -0.3 is 13.0 Å². The van der Waals surface area contributed by atoms with Crippen LogP contribution in [0.1, 0.15) is 61.3 Å². The molecule has 0 spiro atoms. The third kappa shape index (κ3) is 11.3. The topological polar surface area (TPSA) is 44.8 Å². The third-order valence-electron chi connectivity index (χ3n) is 4.78. The molecule has 0 radical (unpaired) electrons. The minimum atomic E-state index is -1.72. The summed E-state index contributed by atoms with van der Waals surface area (Å²) in [4.78, 5) is 13.0. The lowest BCUT2D eigenvalue weighted by Crippen LogP contribution is -2.44. The van der Waals surface area contributed by atoms with Crippen LogP contribution < -0.4 is 0 Å². The van der Waals surface area contributed by atoms with Gasteiger partial charge in [-0.1, -0.05) is 41.5 Å². The first kappa shape index (κ1) is 28.0. The Bertz CT molecular complexity index is 480. The van der Waals surface area contributed by atoms with Crippen LogP contribution in [0.2, 0.25) is 45.3 Å². The summed E-state index contributed by atoms with van der Waals surface area (Å²) in [6, 6.07) is 0.896. The van der Waals surface area contributed by atoms with Gasteiger partial charge in [0.1, 0.15) is 0 Å². The first-order valence-electron chi connectivity index (χ1n) is 10.7. The summed E-state index contributed by atoms with van der Waals surface area (Å²) in [6.07, 6.45) is 1.62. The van der Waals surface area contributed by atoms with Crippen molar-refractivity contribution in [3.05, 3.63) is 0 Å². The van der Waals surface area contributed by atoms with Crippen LogP contribution in [0.3, 0.4) is 0 Å². The molecule has 7 heteroatoms. The van der Waals surface area contributed by atoms with Crippen molar-refractivity contribution in [1.29, 1.82) is 0 Å². The number of hydrogen-bond donors (Lipinski definition) is 0. The minimum absolute atomic E-state index is 0.0649. The maximum Gasteiger partial charge on any atom is 0.312 e. The van der Waals surface area contributed by atoms with Gasteiger partial charge >= 0.3 is 15.3 Å². The summed E-state index contributed by atoms with van der Waals surface area (Å²) in [6.45, 7) is 28.7. The maximum atomic E-state index is 13.0. The third-order valence-corrected chi connectivity index (χ3v) is 13.4. The van der Waals surface area contributed by atoms with Crippen LogP contribution in [0, 0.1) is 16.2 Å². The molecule has 4 nitrogen and oxygen atoms in total. The van der Waals surface area contributed by atoms with Gasteiger partial charge in [-0.2, -0.15) is 0 Å². The van der Waals surface area contributed by atoms with Gasteiger partial charge in [0.15, 0.2) is 16.6 Å². The predicted molar refractivity (Wildman–Crippen MR) is 128 cm³/mol. The lowest BCUT2D eigenvalue weighted by molar-refractivity contribution is -0.164. The number of carbonyl (C=O) groups excluding carboxylic acids is 1. The van der Waals surface area contributed by atoms with Gasteiger partial charge in [-0.25, -0.2) is 0 Å². The molecule has 0 aliphatic rings. The second kappa shape index (κ2) is 9.90. The standard InChI is InChI=1S/C21H48O4Si3/c1-19(2,3)17-21(7,20(4,5)6)18(22)23-15-14-16-26(24-27(8,9)10)25-28(11,12)13/h26H,14-17H2,1-13H3. The molecule has 0 heterocycles. The normalized spacial score (nSPS) is 16.2. The van der Waals surface area contributed by atoms with Crippen molar-refractivity contribution >= 4 is 31.9 Å². The van der Waals surface area contributed by atoms with E-state index in [2.05, 4.69) is 87.7 Å². The molecule has 0 aliphatic heterocycles. The van der Waals surface area contributed by atoms with Gasteiger partial charge in [0.05, 0.1) is 12.0 Å². The Kier molecular flexibility index (Phi) is 9.91. The Morgan fingerprint density at radius 2 is 1.25 bits per heavy atom. The Hall–Kier alpha value is 0.0406. The first-order chi connectivity index (χ1) is 12.2. The molecular weight excluding hydrogens is 400 g/mol. The fourth-order valence-electron chi connectivity index (χ4n) is 3.21. The fraction of sp³-hybridized carbons (Fsp3) is 0.952. The van der Waals surface area contributed by atoms with Crippen LogP contribution in [0.5, 0.6) is 0 Å². The van der Waals surface area contributed by atoms with E-state index in [-0.39, 0.29) is 16.8 Å². The van der Waals surface area contributed by atoms with Crippen molar-refractivity contribution in [2.24, 2.45) is 16.2 Å². The van der Waals surface area contributed by atoms with Gasteiger partial charge in [-0.15, -0.1) is 0 Å². The van der Waals surface area contributed by atoms with E-state index in [1.54, 1.807) is 0 Å². The van der Waals surface area contributed by atoms with E-state index in [0.717, 1.165) is 18.9 Å². The number of rotatable bonds is 10. The molecule has 0 fully saturated rings. The highest BCUT2D eigenvalue weighted by Crippen LogP contribution is 2.47. The van der Waals surface area contributed by atoms with Gasteiger partial charge in [0.2, 0.25) is 0 Å². The molecule has 0 bridgehead atoms. The molecule has 0 saturated carbocycles. The summed E-state index contributed by atoms with van der Waals surface area (Å²) in [5.74, 6) is -0.0784. The van der Waals surface area contributed by atoms with E-state index in [1.165, 1.54) is 0 Å². The zero-order chi connectivity index (χ0) is 22.6. The Morgan fingerprint density at radius 3 is 1.57 bits per heavy atom. The Balaban J connectivity index is 4.90. The van der Waals surface area contributed by atoms with E-state index < -0.39 is 31.3 Å². The summed E-state index contributed by atoms with van der Waals surface area (Å²) >= 11 is 0. The highest BCUT2D eigenvalue weighted by atomic mass is 28.4. The summed E-state index contributed by atoms with van der Waals surface area (Å²) in [5.41, 5.74) is -0.600. The highest BCUT2D eigenvalue weighted by Gasteiger charge is 2.47. The number of carbonyl (C=O) groups is 1. The molecule has 0 aromatic carbocycles. The van der Waals surface area contributed by atoms with E-state index in [9.17, 15) is 4.79 Å². The molecule has 28 heavy (non-hydrogen) atoms. The Labute approximate surface area is 179 Å². The zero-order valence-electron chi connectivity index (χ0n) is 21.0. The molecular formula is C21H48O4Si3. The van der Waals surface area contributed by atoms with Crippen molar-refractivity contribution in [3.63, 3.8) is 0 Å². The quantitative estimate of drug-likeness (QED) is 0.222. The lowest BCUT2D eigenvalue weighted by atomic mass is 9.61. The monoisotopic (exact) mass is 448 g/mol. The van der Waals surface area contributed by atoms with Crippen molar-refractivity contribution in [2.75, 3.05) is 6.61 Å². The molecule has 0 aromatic heterocycles. The average molecular weight is 449 g/mol. The SMILES string of the molecule is CC(C)(C)CC(C)(C(=O)OCCC[SiH](O[Si](C)(C)C)O[Si](C)(C)C)C(C)(C)C. The maximum absolute atomic E-state index is 13.0. The van der Waals surface area contributed by atoms with Gasteiger partial charge in [-0.3, -0.25) is 4.79 Å². The molecule has 0 saturated heterocycles. The average Bonchev–Trinajstić information content (AvgIpc) is 2.36. The molecule has 168 valence electrons. The predicted octanol–water partition coefficient (Wildman–Crippen LogP) is 6.33. The van der Waals surface area contributed by atoms with Gasteiger partial charge in [-0.05, 0) is 75.9 Å². The van der Waals surface area contributed by atoms with Crippen LogP contribution in [-0.4, -0.2) is 38.5 Å². The molecule has 0 N–H and O–H groups in total. The molecule has 1 unspecified atom stereocenters. The van der Waals surface area contributed by atoms with E-state index >= 15 is 0 Å². The van der Waals surface area contributed by atoms with E-state index in [4.69, 9.17) is 13.0 Å². The van der Waals surface area contributed by atoms with Gasteiger partial charge in [0.25, 0.3) is 0 Å². The van der Waals surface area contributed by atoms with Crippen LogP contribution in [-0.2, 0) is 17.8 Å². The molecule has 0 aliphatic carbocycles. The molecule has 0 rings (SSSR count). The number of ether oxygens (including phenoxy) is 1. The second-order valence-electron chi connectivity index (χ2n) is 12.5. The zero-order valence-corrected chi connectivity index (χ0v) is 24.2. The summed E-state index contributed by atoms with van der Waals surface area (Å²) < 4.78 is 18.5. The summed E-state index contributed by atoms with van der Waals surface area (Å²) in [7, 11) is -4.99. The molecule has 0 aromatic rings. The number of esters is 1. The lowest BCUT2D eigenvalue weighted by Gasteiger charge is -2.43. The van der Waals surface area contributed by atoms with Crippen molar-refractivity contribution in [2.45, 2.75) is 107 Å². The van der Waals surface area contributed by atoms with Crippen molar-refractivity contribution < 1.29 is 17.8 Å². The summed E-state index contributed by atoms with van der Waals surface area (Å²) in [5, 5.41) is 0. The number of hydrogen-bond acceptors (Lipinski definition) is 4. The Morgan fingerprint density at radius 1 is 0.821 bits per heavy atom. The van der Waals surface area contributed by atoms with E-state index in [1.807, 2.05) is 0 Å². The minimum Gasteiger partial charge on any atom is -0.465 e.